The van der Waals surface area contributed by atoms with Crippen molar-refractivity contribution in [2.75, 3.05) is 13.7 Å². The Labute approximate surface area is 104 Å². The van der Waals surface area contributed by atoms with Crippen molar-refractivity contribution >= 4 is 0 Å². The van der Waals surface area contributed by atoms with E-state index in [1.54, 1.807) is 7.11 Å². The third-order valence-electron chi connectivity index (χ3n) is 3.65. The average molecular weight is 234 g/mol. The van der Waals surface area contributed by atoms with Crippen LogP contribution in [0.5, 0.6) is 0 Å². The lowest BCUT2D eigenvalue weighted by atomic mass is 9.90. The van der Waals surface area contributed by atoms with Crippen molar-refractivity contribution in [3.05, 3.63) is 35.4 Å². The summed E-state index contributed by atoms with van der Waals surface area (Å²) in [5, 5.41) is 10.4. The quantitative estimate of drug-likeness (QED) is 0.818. The molecule has 0 spiro atoms. The van der Waals surface area contributed by atoms with Gasteiger partial charge >= 0.3 is 0 Å². The summed E-state index contributed by atoms with van der Waals surface area (Å²) < 4.78 is 5.08. The number of ether oxygens (including phenoxy) is 1. The SMILES string of the molecule is COCCC(C)C(O)c1ccccc1C1CC1. The second-order valence-electron chi connectivity index (χ2n) is 5.11. The van der Waals surface area contributed by atoms with Gasteiger partial charge in [-0.05, 0) is 42.2 Å². The van der Waals surface area contributed by atoms with Gasteiger partial charge in [0.05, 0.1) is 6.10 Å². The van der Waals surface area contributed by atoms with Gasteiger partial charge in [-0.1, -0.05) is 31.2 Å². The molecule has 17 heavy (non-hydrogen) atoms. The maximum Gasteiger partial charge on any atom is 0.0819 e. The Morgan fingerprint density at radius 2 is 2.06 bits per heavy atom. The summed E-state index contributed by atoms with van der Waals surface area (Å²) in [5.74, 6) is 0.935. The molecule has 1 aromatic rings. The Balaban J connectivity index is 2.09. The van der Waals surface area contributed by atoms with Crippen LogP contribution >= 0.6 is 0 Å². The second kappa shape index (κ2) is 5.65. The Bertz CT molecular complexity index is 358. The molecule has 1 fully saturated rings. The van der Waals surface area contributed by atoms with E-state index in [1.165, 1.54) is 18.4 Å². The van der Waals surface area contributed by atoms with Crippen molar-refractivity contribution in [3.8, 4) is 0 Å². The van der Waals surface area contributed by atoms with Gasteiger partial charge in [0.1, 0.15) is 0 Å². The van der Waals surface area contributed by atoms with Crippen molar-refractivity contribution in [2.24, 2.45) is 5.92 Å². The van der Waals surface area contributed by atoms with Crippen LogP contribution in [-0.4, -0.2) is 18.8 Å². The molecule has 1 aromatic carbocycles. The van der Waals surface area contributed by atoms with E-state index >= 15 is 0 Å². The summed E-state index contributed by atoms with van der Waals surface area (Å²) in [6.07, 6.45) is 3.09. The summed E-state index contributed by atoms with van der Waals surface area (Å²) in [7, 11) is 1.71. The first-order valence-corrected chi connectivity index (χ1v) is 6.50. The Morgan fingerprint density at radius 3 is 2.71 bits per heavy atom. The third-order valence-corrected chi connectivity index (χ3v) is 3.65. The van der Waals surface area contributed by atoms with Crippen molar-refractivity contribution in [2.45, 2.75) is 38.2 Å². The maximum absolute atomic E-state index is 10.4. The van der Waals surface area contributed by atoms with Gasteiger partial charge in [0, 0.05) is 13.7 Å². The molecule has 0 aromatic heterocycles. The van der Waals surface area contributed by atoms with Crippen LogP contribution in [-0.2, 0) is 4.74 Å². The molecule has 1 N–H and O–H groups in total. The van der Waals surface area contributed by atoms with Gasteiger partial charge in [0.2, 0.25) is 0 Å². The van der Waals surface area contributed by atoms with Crippen LogP contribution < -0.4 is 0 Å². The van der Waals surface area contributed by atoms with Crippen LogP contribution in [0.3, 0.4) is 0 Å². The summed E-state index contributed by atoms with van der Waals surface area (Å²) in [6, 6.07) is 8.33. The van der Waals surface area contributed by atoms with Gasteiger partial charge in [-0.3, -0.25) is 0 Å². The molecule has 1 aliphatic rings. The molecule has 2 unspecified atom stereocenters. The van der Waals surface area contributed by atoms with E-state index in [0.717, 1.165) is 12.0 Å². The number of hydrogen-bond donors (Lipinski definition) is 1. The number of methoxy groups -OCH3 is 1. The van der Waals surface area contributed by atoms with E-state index in [4.69, 9.17) is 4.74 Å². The van der Waals surface area contributed by atoms with E-state index in [2.05, 4.69) is 25.1 Å². The van der Waals surface area contributed by atoms with Crippen molar-refractivity contribution in [1.82, 2.24) is 0 Å². The highest BCUT2D eigenvalue weighted by atomic mass is 16.5. The highest BCUT2D eigenvalue weighted by molar-refractivity contribution is 5.35. The molecule has 94 valence electrons. The molecule has 2 rings (SSSR count). The predicted octanol–water partition coefficient (Wildman–Crippen LogP) is 3.27. The van der Waals surface area contributed by atoms with Crippen molar-refractivity contribution in [3.63, 3.8) is 0 Å². The molecule has 0 saturated heterocycles. The number of aliphatic hydroxyl groups is 1. The topological polar surface area (TPSA) is 29.5 Å². The largest absolute Gasteiger partial charge is 0.388 e. The zero-order chi connectivity index (χ0) is 12.3. The zero-order valence-corrected chi connectivity index (χ0v) is 10.7. The fraction of sp³-hybridized carbons (Fsp3) is 0.600. The first-order chi connectivity index (χ1) is 8.24. The Kier molecular flexibility index (Phi) is 4.19. The normalized spacial score (nSPS) is 19.0. The van der Waals surface area contributed by atoms with Gasteiger partial charge in [-0.15, -0.1) is 0 Å². The Hall–Kier alpha value is -0.860. The molecule has 0 bridgehead atoms. The van der Waals surface area contributed by atoms with Gasteiger partial charge < -0.3 is 9.84 Å². The maximum atomic E-state index is 10.4. The van der Waals surface area contributed by atoms with E-state index in [1.807, 2.05) is 6.07 Å². The minimum absolute atomic E-state index is 0.245. The lowest BCUT2D eigenvalue weighted by Gasteiger charge is -2.21. The van der Waals surface area contributed by atoms with Crippen LogP contribution in [0.4, 0.5) is 0 Å². The van der Waals surface area contributed by atoms with Crippen LogP contribution in [0.15, 0.2) is 24.3 Å². The van der Waals surface area contributed by atoms with Crippen molar-refractivity contribution < 1.29 is 9.84 Å². The highest BCUT2D eigenvalue weighted by Crippen LogP contribution is 2.43. The smallest absolute Gasteiger partial charge is 0.0819 e. The Morgan fingerprint density at radius 1 is 1.35 bits per heavy atom. The lowest BCUT2D eigenvalue weighted by Crippen LogP contribution is -2.13. The molecule has 1 saturated carbocycles. The number of hydrogen-bond acceptors (Lipinski definition) is 2. The van der Waals surface area contributed by atoms with Crippen LogP contribution in [0.2, 0.25) is 0 Å². The molecule has 2 nitrogen and oxygen atoms in total. The molecular weight excluding hydrogens is 212 g/mol. The van der Waals surface area contributed by atoms with E-state index in [9.17, 15) is 5.11 Å². The van der Waals surface area contributed by atoms with Crippen LogP contribution in [0.25, 0.3) is 0 Å². The number of rotatable bonds is 6. The second-order valence-corrected chi connectivity index (χ2v) is 5.11. The molecule has 1 aliphatic carbocycles. The lowest BCUT2D eigenvalue weighted by molar-refractivity contribution is 0.0879. The average Bonchev–Trinajstić information content (AvgIpc) is 3.19. The molecule has 2 heteroatoms. The minimum atomic E-state index is -0.359. The molecule has 0 aliphatic heterocycles. The monoisotopic (exact) mass is 234 g/mol. The first-order valence-electron chi connectivity index (χ1n) is 6.50. The van der Waals surface area contributed by atoms with E-state index < -0.39 is 0 Å². The van der Waals surface area contributed by atoms with E-state index in [-0.39, 0.29) is 12.0 Å². The highest BCUT2D eigenvalue weighted by Gasteiger charge is 2.28. The third kappa shape index (κ3) is 3.08. The molecule has 0 radical (unpaired) electrons. The molecular formula is C15H22O2. The van der Waals surface area contributed by atoms with Gasteiger partial charge in [0.25, 0.3) is 0 Å². The van der Waals surface area contributed by atoms with Gasteiger partial charge in [-0.25, -0.2) is 0 Å². The number of benzene rings is 1. The minimum Gasteiger partial charge on any atom is -0.388 e. The standard InChI is InChI=1S/C15H22O2/c1-11(9-10-17-2)15(16)14-6-4-3-5-13(14)12-7-8-12/h3-6,11-12,15-16H,7-10H2,1-2H3. The summed E-state index contributed by atoms with van der Waals surface area (Å²) in [4.78, 5) is 0. The summed E-state index contributed by atoms with van der Waals surface area (Å²) in [5.41, 5.74) is 2.47. The summed E-state index contributed by atoms with van der Waals surface area (Å²) in [6.45, 7) is 2.80. The van der Waals surface area contributed by atoms with Gasteiger partial charge in [0.15, 0.2) is 0 Å². The van der Waals surface area contributed by atoms with E-state index in [0.29, 0.717) is 12.5 Å². The van der Waals surface area contributed by atoms with Crippen LogP contribution in [0, 0.1) is 5.92 Å². The fourth-order valence-corrected chi connectivity index (χ4v) is 2.31. The zero-order valence-electron chi connectivity index (χ0n) is 10.7. The molecule has 2 atom stereocenters. The summed E-state index contributed by atoms with van der Waals surface area (Å²) >= 11 is 0. The fourth-order valence-electron chi connectivity index (χ4n) is 2.31. The van der Waals surface area contributed by atoms with Crippen molar-refractivity contribution in [1.29, 1.82) is 0 Å². The molecule has 0 amide bonds. The molecule has 0 heterocycles. The first kappa shape index (κ1) is 12.6. The van der Waals surface area contributed by atoms with Crippen LogP contribution in [0.1, 0.15) is 49.3 Å². The number of aliphatic hydroxyl groups excluding tert-OH is 1. The van der Waals surface area contributed by atoms with Gasteiger partial charge in [-0.2, -0.15) is 0 Å². The predicted molar refractivity (Wildman–Crippen MR) is 69.0 cm³/mol.